The largest absolute Gasteiger partial charge is 0.323 e. The van der Waals surface area contributed by atoms with Gasteiger partial charge in [-0.15, -0.1) is 0 Å². The number of nitrogens with one attached hydrogen (secondary N) is 2. The summed E-state index contributed by atoms with van der Waals surface area (Å²) >= 11 is 5.96. The SMILES string of the molecule is CC(=O)c1ccccc1NC(=O)Nc1ccccc1Cl. The number of ketones is 1. The fourth-order valence-electron chi connectivity index (χ4n) is 1.74. The van der Waals surface area contributed by atoms with Crippen molar-refractivity contribution in [2.24, 2.45) is 0 Å². The molecule has 0 saturated carbocycles. The fraction of sp³-hybridized carbons (Fsp3) is 0.0667. The summed E-state index contributed by atoms with van der Waals surface area (Å²) < 4.78 is 0. The van der Waals surface area contributed by atoms with E-state index in [1.54, 1.807) is 48.5 Å². The minimum Gasteiger partial charge on any atom is -0.307 e. The van der Waals surface area contributed by atoms with Gasteiger partial charge in [0, 0.05) is 5.56 Å². The average Bonchev–Trinajstić information content (AvgIpc) is 2.41. The maximum absolute atomic E-state index is 11.9. The van der Waals surface area contributed by atoms with E-state index in [4.69, 9.17) is 11.6 Å². The molecule has 0 aliphatic heterocycles. The maximum Gasteiger partial charge on any atom is 0.323 e. The molecule has 0 aliphatic carbocycles. The van der Waals surface area contributed by atoms with Gasteiger partial charge in [-0.25, -0.2) is 4.79 Å². The molecule has 0 atom stereocenters. The molecule has 2 aromatic rings. The van der Waals surface area contributed by atoms with E-state index in [2.05, 4.69) is 10.6 Å². The van der Waals surface area contributed by atoms with Crippen molar-refractivity contribution in [3.63, 3.8) is 0 Å². The van der Waals surface area contributed by atoms with E-state index in [9.17, 15) is 9.59 Å². The molecule has 2 aromatic carbocycles. The predicted octanol–water partition coefficient (Wildman–Crippen LogP) is 4.19. The van der Waals surface area contributed by atoms with Crippen LogP contribution in [0.2, 0.25) is 5.02 Å². The van der Waals surface area contributed by atoms with Gasteiger partial charge in [0.15, 0.2) is 5.78 Å². The summed E-state index contributed by atoms with van der Waals surface area (Å²) in [6.45, 7) is 1.45. The van der Waals surface area contributed by atoms with E-state index >= 15 is 0 Å². The molecule has 0 bridgehead atoms. The molecule has 20 heavy (non-hydrogen) atoms. The molecule has 102 valence electrons. The van der Waals surface area contributed by atoms with Crippen LogP contribution in [0.1, 0.15) is 17.3 Å². The Morgan fingerprint density at radius 1 is 0.900 bits per heavy atom. The average molecular weight is 289 g/mol. The minimum atomic E-state index is -0.452. The van der Waals surface area contributed by atoms with Crippen molar-refractivity contribution < 1.29 is 9.59 Å². The van der Waals surface area contributed by atoms with Crippen LogP contribution in [0.5, 0.6) is 0 Å². The Labute approximate surface area is 121 Å². The molecular weight excluding hydrogens is 276 g/mol. The number of halogens is 1. The van der Waals surface area contributed by atoms with Crippen molar-refractivity contribution in [3.05, 3.63) is 59.1 Å². The van der Waals surface area contributed by atoms with Crippen LogP contribution in [0.15, 0.2) is 48.5 Å². The van der Waals surface area contributed by atoms with Crippen LogP contribution in [0.3, 0.4) is 0 Å². The molecule has 2 rings (SSSR count). The Morgan fingerprint density at radius 2 is 1.45 bits per heavy atom. The van der Waals surface area contributed by atoms with Gasteiger partial charge < -0.3 is 10.6 Å². The Morgan fingerprint density at radius 3 is 2.10 bits per heavy atom. The van der Waals surface area contributed by atoms with Crippen LogP contribution in [0, 0.1) is 0 Å². The van der Waals surface area contributed by atoms with Crippen LogP contribution in [0.25, 0.3) is 0 Å². The summed E-state index contributed by atoms with van der Waals surface area (Å²) in [4.78, 5) is 23.4. The van der Waals surface area contributed by atoms with Crippen molar-refractivity contribution in [2.45, 2.75) is 6.92 Å². The van der Waals surface area contributed by atoms with Gasteiger partial charge in [0.1, 0.15) is 0 Å². The van der Waals surface area contributed by atoms with E-state index in [0.29, 0.717) is 22.0 Å². The number of hydrogen-bond acceptors (Lipinski definition) is 2. The first kappa shape index (κ1) is 14.1. The second kappa shape index (κ2) is 6.21. The lowest BCUT2D eigenvalue weighted by Crippen LogP contribution is -2.20. The molecule has 4 nitrogen and oxygen atoms in total. The highest BCUT2D eigenvalue weighted by molar-refractivity contribution is 6.33. The third-order valence-corrected chi connectivity index (χ3v) is 3.01. The molecule has 2 amide bonds. The smallest absolute Gasteiger partial charge is 0.307 e. The number of benzene rings is 2. The minimum absolute atomic E-state index is 0.112. The van der Waals surface area contributed by atoms with Crippen LogP contribution >= 0.6 is 11.6 Å². The quantitative estimate of drug-likeness (QED) is 0.832. The van der Waals surface area contributed by atoms with E-state index in [-0.39, 0.29) is 5.78 Å². The fourth-order valence-corrected chi connectivity index (χ4v) is 1.92. The van der Waals surface area contributed by atoms with Gasteiger partial charge in [0.05, 0.1) is 16.4 Å². The highest BCUT2D eigenvalue weighted by Gasteiger charge is 2.10. The molecule has 5 heteroatoms. The number of amides is 2. The zero-order chi connectivity index (χ0) is 14.5. The van der Waals surface area contributed by atoms with Gasteiger partial charge in [-0.05, 0) is 31.2 Å². The Bertz CT molecular complexity index is 656. The normalized spacial score (nSPS) is 9.90. The molecule has 0 radical (unpaired) electrons. The predicted molar refractivity (Wildman–Crippen MR) is 80.5 cm³/mol. The van der Waals surface area contributed by atoms with Crippen molar-refractivity contribution in [2.75, 3.05) is 10.6 Å². The van der Waals surface area contributed by atoms with Crippen LogP contribution in [-0.2, 0) is 0 Å². The molecule has 0 aromatic heterocycles. The molecule has 0 heterocycles. The summed E-state index contributed by atoms with van der Waals surface area (Å²) in [5.41, 5.74) is 1.43. The van der Waals surface area contributed by atoms with E-state index in [1.807, 2.05) is 0 Å². The highest BCUT2D eigenvalue weighted by Crippen LogP contribution is 2.21. The van der Waals surface area contributed by atoms with Crippen molar-refractivity contribution in [1.82, 2.24) is 0 Å². The monoisotopic (exact) mass is 288 g/mol. The summed E-state index contributed by atoms with van der Waals surface area (Å²) in [5.74, 6) is -0.112. The van der Waals surface area contributed by atoms with Gasteiger partial charge in [-0.2, -0.15) is 0 Å². The maximum atomic E-state index is 11.9. The number of carbonyl (C=O) groups excluding carboxylic acids is 2. The number of Topliss-reactive ketones (excluding diaryl/α,β-unsaturated/α-hetero) is 1. The van der Waals surface area contributed by atoms with Crippen molar-refractivity contribution >= 4 is 34.8 Å². The second-order valence-electron chi connectivity index (χ2n) is 4.16. The first-order chi connectivity index (χ1) is 9.58. The van der Waals surface area contributed by atoms with E-state index in [0.717, 1.165) is 0 Å². The Kier molecular flexibility index (Phi) is 4.38. The summed E-state index contributed by atoms with van der Waals surface area (Å²) in [5, 5.41) is 5.72. The summed E-state index contributed by atoms with van der Waals surface area (Å²) in [6.07, 6.45) is 0. The van der Waals surface area contributed by atoms with Crippen LogP contribution in [-0.4, -0.2) is 11.8 Å². The first-order valence-electron chi connectivity index (χ1n) is 6.00. The molecule has 0 aliphatic rings. The number of urea groups is 1. The number of para-hydroxylation sites is 2. The van der Waals surface area contributed by atoms with Gasteiger partial charge >= 0.3 is 6.03 Å². The molecule has 2 N–H and O–H groups in total. The summed E-state index contributed by atoms with van der Waals surface area (Å²) in [6, 6.07) is 13.3. The van der Waals surface area contributed by atoms with Crippen molar-refractivity contribution in [3.8, 4) is 0 Å². The second-order valence-corrected chi connectivity index (χ2v) is 4.57. The number of anilines is 2. The lowest BCUT2D eigenvalue weighted by molar-refractivity contribution is 0.101. The zero-order valence-corrected chi connectivity index (χ0v) is 11.6. The number of carbonyl (C=O) groups is 2. The van der Waals surface area contributed by atoms with E-state index < -0.39 is 6.03 Å². The highest BCUT2D eigenvalue weighted by atomic mass is 35.5. The third-order valence-electron chi connectivity index (χ3n) is 2.68. The lowest BCUT2D eigenvalue weighted by Gasteiger charge is -2.11. The van der Waals surface area contributed by atoms with E-state index in [1.165, 1.54) is 6.92 Å². The van der Waals surface area contributed by atoms with Gasteiger partial charge in [0.2, 0.25) is 0 Å². The number of hydrogen-bond donors (Lipinski definition) is 2. The van der Waals surface area contributed by atoms with Gasteiger partial charge in [0.25, 0.3) is 0 Å². The summed E-state index contributed by atoms with van der Waals surface area (Å²) in [7, 11) is 0. The Hall–Kier alpha value is -2.33. The van der Waals surface area contributed by atoms with Crippen molar-refractivity contribution in [1.29, 1.82) is 0 Å². The van der Waals surface area contributed by atoms with Crippen LogP contribution < -0.4 is 10.6 Å². The van der Waals surface area contributed by atoms with Gasteiger partial charge in [-0.1, -0.05) is 35.9 Å². The molecular formula is C15H13ClN2O2. The molecule has 0 unspecified atom stereocenters. The number of rotatable bonds is 3. The molecule has 0 spiro atoms. The topological polar surface area (TPSA) is 58.2 Å². The molecule has 0 fully saturated rings. The third kappa shape index (κ3) is 3.36. The van der Waals surface area contributed by atoms with Gasteiger partial charge in [-0.3, -0.25) is 4.79 Å². The molecule has 0 saturated heterocycles. The standard InChI is InChI=1S/C15H13ClN2O2/c1-10(19)11-6-2-4-8-13(11)17-15(20)18-14-9-5-3-7-12(14)16/h2-9H,1H3,(H2,17,18,20). The lowest BCUT2D eigenvalue weighted by atomic mass is 10.1. The Balaban J connectivity index is 2.13. The van der Waals surface area contributed by atoms with Crippen LogP contribution in [0.4, 0.5) is 16.2 Å². The first-order valence-corrected chi connectivity index (χ1v) is 6.38. The zero-order valence-electron chi connectivity index (χ0n) is 10.8.